The number of halogens is 6. The van der Waals surface area contributed by atoms with Gasteiger partial charge in [-0.05, 0) is 60.2 Å². The summed E-state index contributed by atoms with van der Waals surface area (Å²) in [7, 11) is 1.38. The molecule has 1 amide bonds. The summed E-state index contributed by atoms with van der Waals surface area (Å²) in [5.41, 5.74) is -0.572. The molecule has 0 spiro atoms. The fourth-order valence-electron chi connectivity index (χ4n) is 2.86. The van der Waals surface area contributed by atoms with Crippen LogP contribution in [0.3, 0.4) is 0 Å². The highest BCUT2D eigenvalue weighted by molar-refractivity contribution is 6.05. The van der Waals surface area contributed by atoms with E-state index in [1.165, 1.54) is 37.4 Å². The number of anilines is 1. The smallest absolute Gasteiger partial charge is 0.416 e. The molecule has 0 aliphatic carbocycles. The van der Waals surface area contributed by atoms with Crippen LogP contribution in [-0.4, -0.2) is 13.0 Å². The SMILES string of the molecule is COc1ccc(C(=O)Nc2ccc(C(F)(F)F)cc2)cc1-c1ccc(C(F)(F)F)cc1. The van der Waals surface area contributed by atoms with Gasteiger partial charge in [0.1, 0.15) is 5.75 Å². The van der Waals surface area contributed by atoms with Crippen LogP contribution in [0.1, 0.15) is 21.5 Å². The minimum Gasteiger partial charge on any atom is -0.496 e. The predicted octanol–water partition coefficient (Wildman–Crippen LogP) is 6.65. The molecule has 0 radical (unpaired) electrons. The van der Waals surface area contributed by atoms with E-state index in [1.807, 2.05) is 0 Å². The Hall–Kier alpha value is -3.49. The fraction of sp³-hybridized carbons (Fsp3) is 0.136. The summed E-state index contributed by atoms with van der Waals surface area (Å²) in [6.45, 7) is 0. The van der Waals surface area contributed by atoms with Crippen molar-refractivity contribution in [2.24, 2.45) is 0 Å². The maximum absolute atomic E-state index is 12.8. The fourth-order valence-corrected chi connectivity index (χ4v) is 2.86. The van der Waals surface area contributed by atoms with Crippen LogP contribution >= 0.6 is 0 Å². The first-order valence-corrected chi connectivity index (χ1v) is 8.83. The van der Waals surface area contributed by atoms with E-state index < -0.39 is 29.4 Å². The van der Waals surface area contributed by atoms with Gasteiger partial charge < -0.3 is 10.1 Å². The number of carbonyl (C=O) groups is 1. The third-order valence-corrected chi connectivity index (χ3v) is 4.45. The molecule has 3 aromatic rings. The third kappa shape index (κ3) is 5.17. The zero-order valence-electron chi connectivity index (χ0n) is 15.9. The molecule has 162 valence electrons. The summed E-state index contributed by atoms with van der Waals surface area (Å²) in [5.74, 6) is -0.263. The van der Waals surface area contributed by atoms with Gasteiger partial charge in [-0.1, -0.05) is 12.1 Å². The standard InChI is InChI=1S/C22H15F6NO2/c1-31-19-11-4-14(12-18(19)13-2-5-15(6-3-13)21(23,24)25)20(30)29-17-9-7-16(8-10-17)22(26,27)28/h2-12H,1H3,(H,29,30). The van der Waals surface area contributed by atoms with Crippen molar-refractivity contribution < 1.29 is 35.9 Å². The van der Waals surface area contributed by atoms with Crippen molar-refractivity contribution >= 4 is 11.6 Å². The van der Waals surface area contributed by atoms with Gasteiger partial charge in [0.05, 0.1) is 18.2 Å². The molecule has 0 unspecified atom stereocenters. The number of nitrogens with one attached hydrogen (secondary N) is 1. The first-order chi connectivity index (χ1) is 14.5. The Kier molecular flexibility index (Phi) is 5.97. The molecule has 0 aliphatic heterocycles. The van der Waals surface area contributed by atoms with Crippen LogP contribution in [0.5, 0.6) is 5.75 Å². The number of benzene rings is 3. The second kappa shape index (κ2) is 8.33. The lowest BCUT2D eigenvalue weighted by atomic mass is 10.00. The number of methoxy groups -OCH3 is 1. The van der Waals surface area contributed by atoms with Crippen molar-refractivity contribution in [2.75, 3.05) is 12.4 Å². The van der Waals surface area contributed by atoms with Gasteiger partial charge in [-0.2, -0.15) is 26.3 Å². The summed E-state index contributed by atoms with van der Waals surface area (Å²) in [6.07, 6.45) is -8.97. The van der Waals surface area contributed by atoms with E-state index in [2.05, 4.69) is 5.32 Å². The highest BCUT2D eigenvalue weighted by Gasteiger charge is 2.31. The van der Waals surface area contributed by atoms with Crippen LogP contribution in [-0.2, 0) is 12.4 Å². The van der Waals surface area contributed by atoms with Crippen LogP contribution in [0.4, 0.5) is 32.0 Å². The highest BCUT2D eigenvalue weighted by Crippen LogP contribution is 2.35. The number of hydrogen-bond acceptors (Lipinski definition) is 2. The number of rotatable bonds is 4. The third-order valence-electron chi connectivity index (χ3n) is 4.45. The molecule has 3 aromatic carbocycles. The maximum atomic E-state index is 12.8. The second-order valence-corrected chi connectivity index (χ2v) is 6.52. The molecule has 0 bridgehead atoms. The van der Waals surface area contributed by atoms with Crippen molar-refractivity contribution in [3.05, 3.63) is 83.4 Å². The van der Waals surface area contributed by atoms with Crippen LogP contribution in [0.25, 0.3) is 11.1 Å². The Morgan fingerprint density at radius 2 is 1.29 bits per heavy atom. The van der Waals surface area contributed by atoms with E-state index in [1.54, 1.807) is 0 Å². The van der Waals surface area contributed by atoms with Crippen LogP contribution in [0.15, 0.2) is 66.7 Å². The lowest BCUT2D eigenvalue weighted by Crippen LogP contribution is -2.12. The van der Waals surface area contributed by atoms with Gasteiger partial charge in [-0.3, -0.25) is 4.79 Å². The van der Waals surface area contributed by atoms with Crippen molar-refractivity contribution in [2.45, 2.75) is 12.4 Å². The Morgan fingerprint density at radius 1 is 0.774 bits per heavy atom. The number of alkyl halides is 6. The number of amides is 1. The molecule has 3 rings (SSSR count). The van der Waals surface area contributed by atoms with Gasteiger partial charge in [0.25, 0.3) is 5.91 Å². The van der Waals surface area contributed by atoms with Gasteiger partial charge in [-0.15, -0.1) is 0 Å². The van der Waals surface area contributed by atoms with Gasteiger partial charge in [0.15, 0.2) is 0 Å². The Bertz CT molecular complexity index is 1070. The zero-order valence-corrected chi connectivity index (χ0v) is 15.9. The topological polar surface area (TPSA) is 38.3 Å². The minimum atomic E-state index is -4.49. The van der Waals surface area contributed by atoms with Gasteiger partial charge in [-0.25, -0.2) is 0 Å². The summed E-state index contributed by atoms with van der Waals surface area (Å²) < 4.78 is 81.6. The Balaban J connectivity index is 1.87. The van der Waals surface area contributed by atoms with Crippen LogP contribution in [0.2, 0.25) is 0 Å². The monoisotopic (exact) mass is 439 g/mol. The number of hydrogen-bond donors (Lipinski definition) is 1. The van der Waals surface area contributed by atoms with Crippen molar-refractivity contribution in [1.29, 1.82) is 0 Å². The lowest BCUT2D eigenvalue weighted by Gasteiger charge is -2.13. The highest BCUT2D eigenvalue weighted by atomic mass is 19.4. The lowest BCUT2D eigenvalue weighted by molar-refractivity contribution is -0.138. The van der Waals surface area contributed by atoms with Gasteiger partial charge in [0.2, 0.25) is 0 Å². The molecule has 0 heterocycles. The van der Waals surface area contributed by atoms with E-state index in [9.17, 15) is 31.1 Å². The van der Waals surface area contributed by atoms with Crippen LogP contribution < -0.4 is 10.1 Å². The number of carbonyl (C=O) groups excluding carboxylic acids is 1. The van der Waals surface area contributed by atoms with E-state index in [-0.39, 0.29) is 11.3 Å². The molecular formula is C22H15F6NO2. The van der Waals surface area contributed by atoms with E-state index in [0.29, 0.717) is 16.9 Å². The maximum Gasteiger partial charge on any atom is 0.416 e. The average Bonchev–Trinajstić information content (AvgIpc) is 2.72. The van der Waals surface area contributed by atoms with Crippen molar-refractivity contribution in [3.8, 4) is 16.9 Å². The predicted molar refractivity (Wildman–Crippen MR) is 103 cm³/mol. The van der Waals surface area contributed by atoms with E-state index in [0.717, 1.165) is 36.4 Å². The molecule has 0 saturated heterocycles. The largest absolute Gasteiger partial charge is 0.496 e. The summed E-state index contributed by atoms with van der Waals surface area (Å²) >= 11 is 0. The van der Waals surface area contributed by atoms with Crippen LogP contribution in [0, 0.1) is 0 Å². The first kappa shape index (κ1) is 22.2. The van der Waals surface area contributed by atoms with E-state index in [4.69, 9.17) is 4.74 Å². The molecule has 0 fully saturated rings. The molecule has 9 heteroatoms. The van der Waals surface area contributed by atoms with Crippen molar-refractivity contribution in [3.63, 3.8) is 0 Å². The number of ether oxygens (including phenoxy) is 1. The molecule has 0 atom stereocenters. The van der Waals surface area contributed by atoms with E-state index >= 15 is 0 Å². The average molecular weight is 439 g/mol. The summed E-state index contributed by atoms with van der Waals surface area (Å²) in [5, 5.41) is 2.49. The van der Waals surface area contributed by atoms with Gasteiger partial charge >= 0.3 is 12.4 Å². The normalized spacial score (nSPS) is 11.8. The van der Waals surface area contributed by atoms with Crippen molar-refractivity contribution in [1.82, 2.24) is 0 Å². The quantitative estimate of drug-likeness (QED) is 0.462. The summed E-state index contributed by atoms with van der Waals surface area (Å²) in [6, 6.07) is 12.7. The summed E-state index contributed by atoms with van der Waals surface area (Å²) in [4.78, 5) is 12.5. The second-order valence-electron chi connectivity index (χ2n) is 6.52. The molecular weight excluding hydrogens is 424 g/mol. The molecule has 3 nitrogen and oxygen atoms in total. The Labute approximate surface area is 173 Å². The first-order valence-electron chi connectivity index (χ1n) is 8.83. The Morgan fingerprint density at radius 3 is 1.77 bits per heavy atom. The zero-order chi connectivity index (χ0) is 22.8. The molecule has 0 saturated carbocycles. The van der Waals surface area contributed by atoms with Gasteiger partial charge in [0, 0.05) is 16.8 Å². The molecule has 0 aliphatic rings. The molecule has 31 heavy (non-hydrogen) atoms. The molecule has 0 aromatic heterocycles. The minimum absolute atomic E-state index is 0.149. The molecule has 1 N–H and O–H groups in total.